The summed E-state index contributed by atoms with van der Waals surface area (Å²) in [6.07, 6.45) is 1.75. The smallest absolute Gasteiger partial charge is 0.123 e. The first-order valence-electron chi connectivity index (χ1n) is 8.75. The molecule has 0 unspecified atom stereocenters. The molecule has 4 rings (SSSR count). The molecule has 0 N–H and O–H groups in total. The minimum Gasteiger partial charge on any atom is -0.468 e. The van der Waals surface area contributed by atoms with Crippen molar-refractivity contribution in [3.8, 4) is 10.6 Å². The van der Waals surface area contributed by atoms with E-state index in [1.54, 1.807) is 17.6 Å². The predicted molar refractivity (Wildman–Crippen MR) is 102 cm³/mol. The molecule has 3 heterocycles. The van der Waals surface area contributed by atoms with Crippen molar-refractivity contribution in [3.05, 3.63) is 65.1 Å². The van der Waals surface area contributed by atoms with E-state index in [1.807, 2.05) is 6.07 Å². The number of nitrogens with zero attached hydrogens (tertiary/aromatic N) is 3. The van der Waals surface area contributed by atoms with Crippen molar-refractivity contribution in [2.24, 2.45) is 0 Å². The highest BCUT2D eigenvalue weighted by Crippen LogP contribution is 2.27. The van der Waals surface area contributed by atoms with Crippen molar-refractivity contribution in [2.45, 2.75) is 20.0 Å². The summed E-state index contributed by atoms with van der Waals surface area (Å²) in [6.45, 7) is 8.32. The fraction of sp³-hybridized carbons (Fsp3) is 0.350. The number of aryl methyl sites for hydroxylation is 1. The molecule has 3 aromatic rings. The number of hydrogen-bond donors (Lipinski definition) is 0. The molecule has 0 radical (unpaired) electrons. The topological polar surface area (TPSA) is 32.5 Å². The normalized spacial score (nSPS) is 16.4. The van der Waals surface area contributed by atoms with Gasteiger partial charge in [-0.3, -0.25) is 9.80 Å². The summed E-state index contributed by atoms with van der Waals surface area (Å²) in [5.74, 6) is 1.05. The molecule has 1 fully saturated rings. The van der Waals surface area contributed by atoms with E-state index in [0.29, 0.717) is 0 Å². The molecule has 25 heavy (non-hydrogen) atoms. The molecule has 1 aliphatic rings. The highest BCUT2D eigenvalue weighted by molar-refractivity contribution is 7.13. The van der Waals surface area contributed by atoms with E-state index < -0.39 is 0 Å². The number of piperazine rings is 1. The van der Waals surface area contributed by atoms with Crippen molar-refractivity contribution >= 4 is 11.3 Å². The molecule has 0 saturated carbocycles. The first-order chi connectivity index (χ1) is 12.3. The Labute approximate surface area is 152 Å². The summed E-state index contributed by atoms with van der Waals surface area (Å²) in [4.78, 5) is 9.81. The van der Waals surface area contributed by atoms with Crippen LogP contribution in [0.1, 0.15) is 17.0 Å². The lowest BCUT2D eigenvalue weighted by Gasteiger charge is -2.33. The van der Waals surface area contributed by atoms with E-state index in [4.69, 9.17) is 9.40 Å². The van der Waals surface area contributed by atoms with E-state index in [0.717, 1.165) is 50.0 Å². The number of furan rings is 1. The van der Waals surface area contributed by atoms with E-state index in [1.165, 1.54) is 16.8 Å². The molecule has 0 bridgehead atoms. The van der Waals surface area contributed by atoms with Gasteiger partial charge < -0.3 is 4.42 Å². The Kier molecular flexibility index (Phi) is 4.97. The van der Waals surface area contributed by atoms with E-state index >= 15 is 0 Å². The van der Waals surface area contributed by atoms with Crippen LogP contribution in [-0.2, 0) is 13.1 Å². The third-order valence-corrected chi connectivity index (χ3v) is 5.66. The highest BCUT2D eigenvalue weighted by Gasteiger charge is 2.19. The van der Waals surface area contributed by atoms with Gasteiger partial charge in [-0.2, -0.15) is 0 Å². The average molecular weight is 353 g/mol. The van der Waals surface area contributed by atoms with Crippen LogP contribution in [0.25, 0.3) is 10.6 Å². The average Bonchev–Trinajstić information content (AvgIpc) is 3.29. The Morgan fingerprint density at radius 3 is 2.48 bits per heavy atom. The quantitative estimate of drug-likeness (QED) is 0.693. The van der Waals surface area contributed by atoms with Gasteiger partial charge in [-0.05, 0) is 24.6 Å². The molecule has 1 aromatic carbocycles. The Bertz CT molecular complexity index is 804. The van der Waals surface area contributed by atoms with Crippen LogP contribution >= 0.6 is 11.3 Å². The predicted octanol–water partition coefficient (Wildman–Crippen LogP) is 4.03. The molecule has 5 heteroatoms. The number of thiazole rings is 1. The van der Waals surface area contributed by atoms with Crippen LogP contribution in [0.2, 0.25) is 0 Å². The molecule has 1 saturated heterocycles. The van der Waals surface area contributed by atoms with Gasteiger partial charge in [0.25, 0.3) is 0 Å². The molecule has 0 amide bonds. The second-order valence-corrected chi connectivity index (χ2v) is 7.45. The molecule has 0 aliphatic carbocycles. The third-order valence-electron chi connectivity index (χ3n) is 4.74. The summed E-state index contributed by atoms with van der Waals surface area (Å²) >= 11 is 1.75. The maximum atomic E-state index is 5.45. The van der Waals surface area contributed by atoms with Crippen LogP contribution in [-0.4, -0.2) is 41.0 Å². The van der Waals surface area contributed by atoms with Crippen LogP contribution in [0, 0.1) is 6.92 Å². The molecular formula is C20H23N3OS. The minimum atomic E-state index is 0.912. The number of hydrogen-bond acceptors (Lipinski definition) is 5. The van der Waals surface area contributed by atoms with Gasteiger partial charge in [-0.1, -0.05) is 24.3 Å². The summed E-state index contributed by atoms with van der Waals surface area (Å²) in [7, 11) is 0. The van der Waals surface area contributed by atoms with Gasteiger partial charge in [0.05, 0.1) is 18.5 Å². The zero-order valence-electron chi connectivity index (χ0n) is 14.5. The maximum absolute atomic E-state index is 5.45. The van der Waals surface area contributed by atoms with Crippen LogP contribution in [0.5, 0.6) is 0 Å². The molecule has 2 aromatic heterocycles. The van der Waals surface area contributed by atoms with Gasteiger partial charge in [-0.15, -0.1) is 11.3 Å². The lowest BCUT2D eigenvalue weighted by Crippen LogP contribution is -2.45. The Morgan fingerprint density at radius 2 is 1.76 bits per heavy atom. The van der Waals surface area contributed by atoms with Crippen LogP contribution in [0.15, 0.2) is 52.5 Å². The van der Waals surface area contributed by atoms with Gasteiger partial charge in [0.1, 0.15) is 10.8 Å². The largest absolute Gasteiger partial charge is 0.468 e. The SMILES string of the molecule is Cc1ccccc1-c1nc(CN2CCN(Cc3ccco3)CC2)cs1. The van der Waals surface area contributed by atoms with Gasteiger partial charge in [0.15, 0.2) is 0 Å². The summed E-state index contributed by atoms with van der Waals surface area (Å²) in [5, 5.41) is 3.33. The van der Waals surface area contributed by atoms with Crippen LogP contribution < -0.4 is 0 Å². The van der Waals surface area contributed by atoms with E-state index in [9.17, 15) is 0 Å². The molecule has 130 valence electrons. The molecule has 1 aliphatic heterocycles. The summed E-state index contributed by atoms with van der Waals surface area (Å²) < 4.78 is 5.45. The van der Waals surface area contributed by atoms with E-state index in [-0.39, 0.29) is 0 Å². The van der Waals surface area contributed by atoms with Crippen molar-refractivity contribution in [1.29, 1.82) is 0 Å². The first-order valence-corrected chi connectivity index (χ1v) is 9.63. The number of aromatic nitrogens is 1. The van der Waals surface area contributed by atoms with Crippen molar-refractivity contribution in [2.75, 3.05) is 26.2 Å². The number of rotatable bonds is 5. The highest BCUT2D eigenvalue weighted by atomic mass is 32.1. The maximum Gasteiger partial charge on any atom is 0.123 e. The third kappa shape index (κ3) is 4.00. The molecule has 4 nitrogen and oxygen atoms in total. The molecular weight excluding hydrogens is 330 g/mol. The van der Waals surface area contributed by atoms with E-state index in [2.05, 4.69) is 52.4 Å². The van der Waals surface area contributed by atoms with Crippen molar-refractivity contribution in [1.82, 2.24) is 14.8 Å². The second kappa shape index (κ2) is 7.52. The van der Waals surface area contributed by atoms with Gasteiger partial charge >= 0.3 is 0 Å². The van der Waals surface area contributed by atoms with Crippen molar-refractivity contribution < 1.29 is 4.42 Å². The first kappa shape index (κ1) is 16.5. The lowest BCUT2D eigenvalue weighted by molar-refractivity contribution is 0.115. The summed E-state index contributed by atoms with van der Waals surface area (Å²) in [5.41, 5.74) is 3.72. The fourth-order valence-electron chi connectivity index (χ4n) is 3.27. The Morgan fingerprint density at radius 1 is 1.00 bits per heavy atom. The monoisotopic (exact) mass is 353 g/mol. The van der Waals surface area contributed by atoms with Gasteiger partial charge in [0, 0.05) is 43.7 Å². The van der Waals surface area contributed by atoms with Crippen LogP contribution in [0.3, 0.4) is 0 Å². The van der Waals surface area contributed by atoms with Crippen LogP contribution in [0.4, 0.5) is 0 Å². The van der Waals surface area contributed by atoms with Crippen molar-refractivity contribution in [3.63, 3.8) is 0 Å². The van der Waals surface area contributed by atoms with Gasteiger partial charge in [-0.25, -0.2) is 4.98 Å². The summed E-state index contributed by atoms with van der Waals surface area (Å²) in [6, 6.07) is 12.5. The standard InChI is InChI=1S/C20H23N3OS/c1-16-5-2-3-7-19(16)20-21-17(15-25-20)13-22-8-10-23(11-9-22)14-18-6-4-12-24-18/h2-7,12,15H,8-11,13-14H2,1H3. The Balaban J connectivity index is 1.32. The molecule has 0 atom stereocenters. The fourth-order valence-corrected chi connectivity index (χ4v) is 4.17. The second-order valence-electron chi connectivity index (χ2n) is 6.59. The Hall–Kier alpha value is -1.95. The lowest BCUT2D eigenvalue weighted by atomic mass is 10.1. The zero-order chi connectivity index (χ0) is 17.1. The van der Waals surface area contributed by atoms with Gasteiger partial charge in [0.2, 0.25) is 0 Å². The molecule has 0 spiro atoms. The number of benzene rings is 1. The minimum absolute atomic E-state index is 0.912. The zero-order valence-corrected chi connectivity index (χ0v) is 15.3.